The third-order valence-corrected chi connectivity index (χ3v) is 8.84. The summed E-state index contributed by atoms with van der Waals surface area (Å²) in [5.41, 5.74) is 1.26. The van der Waals surface area contributed by atoms with Crippen molar-refractivity contribution < 1.29 is 16.8 Å². The SMILES string of the molecule is CS(=O)(=O)c1ccc(Br)c(S(=O)(=O)N2CCN(CCc3ccccc3)CC2)c1. The van der Waals surface area contributed by atoms with Crippen LogP contribution in [0.2, 0.25) is 0 Å². The average molecular weight is 487 g/mol. The average Bonchev–Trinajstić information content (AvgIpc) is 2.67. The van der Waals surface area contributed by atoms with E-state index in [0.717, 1.165) is 19.2 Å². The van der Waals surface area contributed by atoms with Crippen molar-refractivity contribution >= 4 is 35.8 Å². The second-order valence-corrected chi connectivity index (χ2v) is 11.6. The Kier molecular flexibility index (Phi) is 6.61. The molecule has 0 atom stereocenters. The van der Waals surface area contributed by atoms with Crippen LogP contribution < -0.4 is 0 Å². The van der Waals surface area contributed by atoms with E-state index in [1.54, 1.807) is 0 Å². The molecule has 3 rings (SSSR count). The zero-order chi connectivity index (χ0) is 20.4. The van der Waals surface area contributed by atoms with E-state index in [2.05, 4.69) is 33.0 Å². The number of hydrogen-bond donors (Lipinski definition) is 0. The van der Waals surface area contributed by atoms with Crippen LogP contribution in [0.3, 0.4) is 0 Å². The number of piperazine rings is 1. The van der Waals surface area contributed by atoms with E-state index in [0.29, 0.717) is 30.7 Å². The van der Waals surface area contributed by atoms with Gasteiger partial charge in [-0.05, 0) is 46.1 Å². The van der Waals surface area contributed by atoms with Gasteiger partial charge in [-0.15, -0.1) is 0 Å². The molecule has 1 aliphatic heterocycles. The number of rotatable bonds is 6. The molecule has 152 valence electrons. The van der Waals surface area contributed by atoms with E-state index in [1.165, 1.54) is 28.1 Å². The molecule has 0 N–H and O–H groups in total. The highest BCUT2D eigenvalue weighted by Crippen LogP contribution is 2.28. The summed E-state index contributed by atoms with van der Waals surface area (Å²) < 4.78 is 51.5. The number of benzene rings is 2. The van der Waals surface area contributed by atoms with Crippen LogP contribution in [-0.4, -0.2) is 65.0 Å². The molecule has 1 heterocycles. The van der Waals surface area contributed by atoms with E-state index in [-0.39, 0.29) is 9.79 Å². The summed E-state index contributed by atoms with van der Waals surface area (Å²) in [4.78, 5) is 2.24. The van der Waals surface area contributed by atoms with Gasteiger partial charge in [0.2, 0.25) is 10.0 Å². The van der Waals surface area contributed by atoms with Crippen LogP contribution in [0.4, 0.5) is 0 Å². The van der Waals surface area contributed by atoms with Gasteiger partial charge in [0.05, 0.1) is 9.79 Å². The Morgan fingerprint density at radius 3 is 2.18 bits per heavy atom. The Morgan fingerprint density at radius 2 is 1.57 bits per heavy atom. The third kappa shape index (κ3) is 5.01. The number of hydrogen-bond acceptors (Lipinski definition) is 5. The Hall–Kier alpha value is -1.26. The van der Waals surface area contributed by atoms with Crippen molar-refractivity contribution in [2.75, 3.05) is 39.0 Å². The molecule has 2 aromatic rings. The normalized spacial score (nSPS) is 16.9. The van der Waals surface area contributed by atoms with Gasteiger partial charge in [0.15, 0.2) is 9.84 Å². The van der Waals surface area contributed by atoms with Crippen molar-refractivity contribution in [1.29, 1.82) is 0 Å². The molecule has 0 bridgehead atoms. The highest BCUT2D eigenvalue weighted by molar-refractivity contribution is 9.10. The lowest BCUT2D eigenvalue weighted by Crippen LogP contribution is -2.49. The lowest BCUT2D eigenvalue weighted by Gasteiger charge is -2.34. The first-order chi connectivity index (χ1) is 13.2. The molecule has 0 aromatic heterocycles. The fourth-order valence-corrected chi connectivity index (χ4v) is 6.27. The zero-order valence-corrected chi connectivity index (χ0v) is 18.8. The Labute approximate surface area is 175 Å². The van der Waals surface area contributed by atoms with Gasteiger partial charge >= 0.3 is 0 Å². The van der Waals surface area contributed by atoms with Gasteiger partial charge in [-0.3, -0.25) is 0 Å². The highest BCUT2D eigenvalue weighted by Gasteiger charge is 2.30. The molecule has 0 spiro atoms. The van der Waals surface area contributed by atoms with Crippen LogP contribution in [0.1, 0.15) is 5.56 Å². The van der Waals surface area contributed by atoms with Crippen molar-refractivity contribution in [1.82, 2.24) is 9.21 Å². The molecule has 6 nitrogen and oxygen atoms in total. The second-order valence-electron chi connectivity index (χ2n) is 6.85. The monoisotopic (exact) mass is 486 g/mol. The minimum absolute atomic E-state index is 0.00391. The predicted molar refractivity (Wildman–Crippen MR) is 113 cm³/mol. The van der Waals surface area contributed by atoms with Crippen LogP contribution in [0.25, 0.3) is 0 Å². The van der Waals surface area contributed by atoms with Gasteiger partial charge in [-0.2, -0.15) is 4.31 Å². The molecular formula is C19H23BrN2O4S2. The number of halogens is 1. The van der Waals surface area contributed by atoms with Crippen LogP contribution >= 0.6 is 15.9 Å². The van der Waals surface area contributed by atoms with Gasteiger partial charge in [-0.1, -0.05) is 30.3 Å². The summed E-state index contributed by atoms with van der Waals surface area (Å²) in [5.74, 6) is 0. The lowest BCUT2D eigenvalue weighted by molar-refractivity contribution is 0.190. The fraction of sp³-hybridized carbons (Fsp3) is 0.368. The van der Waals surface area contributed by atoms with E-state index in [9.17, 15) is 16.8 Å². The summed E-state index contributed by atoms with van der Waals surface area (Å²) >= 11 is 3.25. The number of sulfone groups is 1. The summed E-state index contributed by atoms with van der Waals surface area (Å²) in [7, 11) is -7.26. The van der Waals surface area contributed by atoms with Crippen molar-refractivity contribution in [3.63, 3.8) is 0 Å². The van der Waals surface area contributed by atoms with Crippen molar-refractivity contribution in [3.05, 3.63) is 58.6 Å². The summed E-state index contributed by atoms with van der Waals surface area (Å²) in [6.07, 6.45) is 1.99. The van der Waals surface area contributed by atoms with Crippen LogP contribution in [0.5, 0.6) is 0 Å². The smallest absolute Gasteiger partial charge is 0.244 e. The Bertz CT molecular complexity index is 1030. The second kappa shape index (κ2) is 8.62. The van der Waals surface area contributed by atoms with Crippen molar-refractivity contribution in [2.24, 2.45) is 0 Å². The predicted octanol–water partition coefficient (Wildman–Crippen LogP) is 2.40. The van der Waals surface area contributed by atoms with E-state index in [4.69, 9.17) is 0 Å². The molecule has 0 radical (unpaired) electrons. The maximum atomic E-state index is 13.1. The van der Waals surface area contributed by atoms with Gasteiger partial charge in [0, 0.05) is 43.5 Å². The molecule has 1 aliphatic rings. The first-order valence-electron chi connectivity index (χ1n) is 8.94. The largest absolute Gasteiger partial charge is 0.300 e. The quantitative estimate of drug-likeness (QED) is 0.626. The van der Waals surface area contributed by atoms with Gasteiger partial charge < -0.3 is 4.90 Å². The third-order valence-electron chi connectivity index (χ3n) is 4.84. The Morgan fingerprint density at radius 1 is 0.929 bits per heavy atom. The molecule has 1 saturated heterocycles. The first kappa shape index (κ1) is 21.4. The standard InChI is InChI=1S/C19H23BrN2O4S2/c1-27(23,24)17-7-8-18(20)19(15-17)28(25,26)22-13-11-21(12-14-22)10-9-16-5-3-2-4-6-16/h2-8,15H,9-14H2,1H3. The molecule has 1 fully saturated rings. The van der Waals surface area contributed by atoms with Crippen molar-refractivity contribution in [2.45, 2.75) is 16.2 Å². The first-order valence-corrected chi connectivity index (χ1v) is 13.1. The highest BCUT2D eigenvalue weighted by atomic mass is 79.9. The molecule has 0 aliphatic carbocycles. The summed E-state index contributed by atoms with van der Waals surface area (Å²) in [6, 6.07) is 14.3. The maximum Gasteiger partial charge on any atom is 0.244 e. The van der Waals surface area contributed by atoms with Crippen LogP contribution in [0.15, 0.2) is 62.8 Å². The van der Waals surface area contributed by atoms with Crippen LogP contribution in [-0.2, 0) is 26.3 Å². The minimum atomic E-state index is -3.77. The van der Waals surface area contributed by atoms with E-state index < -0.39 is 19.9 Å². The molecule has 0 amide bonds. The molecule has 2 aromatic carbocycles. The van der Waals surface area contributed by atoms with E-state index >= 15 is 0 Å². The van der Waals surface area contributed by atoms with Gasteiger partial charge in [0.25, 0.3) is 0 Å². The lowest BCUT2D eigenvalue weighted by atomic mass is 10.1. The van der Waals surface area contributed by atoms with Gasteiger partial charge in [-0.25, -0.2) is 16.8 Å². The summed E-state index contributed by atoms with van der Waals surface area (Å²) in [5, 5.41) is 0. The van der Waals surface area contributed by atoms with Gasteiger partial charge in [0.1, 0.15) is 0 Å². The fourth-order valence-electron chi connectivity index (χ4n) is 3.18. The van der Waals surface area contributed by atoms with E-state index in [1.807, 2.05) is 18.2 Å². The molecule has 28 heavy (non-hydrogen) atoms. The molecule has 0 saturated carbocycles. The Balaban J connectivity index is 1.68. The summed E-state index contributed by atoms with van der Waals surface area (Å²) in [6.45, 7) is 2.94. The number of nitrogens with zero attached hydrogens (tertiary/aromatic N) is 2. The number of sulfonamides is 1. The van der Waals surface area contributed by atoms with Crippen molar-refractivity contribution in [3.8, 4) is 0 Å². The maximum absolute atomic E-state index is 13.1. The topological polar surface area (TPSA) is 74.8 Å². The molecule has 0 unspecified atom stereocenters. The zero-order valence-electron chi connectivity index (χ0n) is 15.6. The minimum Gasteiger partial charge on any atom is -0.300 e. The molecule has 9 heteroatoms. The van der Waals surface area contributed by atoms with Crippen LogP contribution in [0, 0.1) is 0 Å². The molecular weight excluding hydrogens is 464 g/mol.